The van der Waals surface area contributed by atoms with Gasteiger partial charge in [-0.15, -0.1) is 24.8 Å². The first-order chi connectivity index (χ1) is 14.2. The molecule has 0 amide bonds. The van der Waals surface area contributed by atoms with Gasteiger partial charge in [0.05, 0.1) is 5.57 Å². The van der Waals surface area contributed by atoms with E-state index in [9.17, 15) is 13.2 Å². The fourth-order valence-corrected chi connectivity index (χ4v) is 6.01. The molecule has 2 aliphatic carbocycles. The molecule has 1 atom stereocenters. The van der Waals surface area contributed by atoms with Crippen LogP contribution in [0.5, 0.6) is 0 Å². The van der Waals surface area contributed by atoms with E-state index < -0.39 is 14.9 Å². The minimum absolute atomic E-state index is 0. The minimum atomic E-state index is -2.04. The van der Waals surface area contributed by atoms with Crippen LogP contribution >= 0.6 is 24.8 Å². The third kappa shape index (κ3) is 5.49. The van der Waals surface area contributed by atoms with Gasteiger partial charge in [-0.2, -0.15) is 8.78 Å². The molecule has 2 aromatic carbocycles. The molecule has 2 aliphatic rings. The largest absolute Gasteiger partial charge is 0.395 e. The second kappa shape index (κ2) is 11.4. The maximum absolute atomic E-state index is 14.2. The van der Waals surface area contributed by atoms with Gasteiger partial charge >= 0.3 is 8.84 Å². The van der Waals surface area contributed by atoms with Gasteiger partial charge in [0.2, 0.25) is 0 Å². The van der Waals surface area contributed by atoms with Crippen LogP contribution in [0.4, 0.5) is 8.78 Å². The van der Waals surface area contributed by atoms with E-state index in [1.54, 1.807) is 24.3 Å². The van der Waals surface area contributed by atoms with Crippen molar-refractivity contribution in [1.82, 2.24) is 4.57 Å². The molecule has 1 unspecified atom stereocenters. The molecule has 0 bridgehead atoms. The number of rotatable bonds is 3. The Kier molecular flexibility index (Phi) is 10.2. The first-order valence-corrected chi connectivity index (χ1v) is 11.7. The van der Waals surface area contributed by atoms with Crippen LogP contribution < -0.4 is 0 Å². The van der Waals surface area contributed by atoms with E-state index in [1.165, 1.54) is 0 Å². The molecule has 0 aromatic heterocycles. The maximum atomic E-state index is 14.2. The average molecular weight is 542 g/mol. The molecule has 0 N–H and O–H groups in total. The summed E-state index contributed by atoms with van der Waals surface area (Å²) in [7, 11) is -0.145. The third-order valence-corrected chi connectivity index (χ3v) is 8.30. The van der Waals surface area contributed by atoms with Gasteiger partial charge in [0.1, 0.15) is 0 Å². The van der Waals surface area contributed by atoms with Crippen LogP contribution in [0, 0.1) is 5.92 Å². The summed E-state index contributed by atoms with van der Waals surface area (Å²) in [5, 5.41) is 0. The van der Waals surface area contributed by atoms with E-state index in [2.05, 4.69) is 6.08 Å². The molecule has 0 aliphatic heterocycles. The number of nitrogens with zero attached hydrogens (tertiary/aromatic N) is 1. The molecule has 0 fully saturated rings. The fraction of sp³-hybridized carbons (Fsp3) is 0.280. The zero-order valence-electron chi connectivity index (χ0n) is 19.0. The molecular formula is C25H27Cl2F2NOSiTi. The van der Waals surface area contributed by atoms with Crippen molar-refractivity contribution in [2.24, 2.45) is 5.92 Å². The minimum Gasteiger partial charge on any atom is -0.375 e. The van der Waals surface area contributed by atoms with Crippen LogP contribution in [0.3, 0.4) is 0 Å². The Bertz CT molecular complexity index is 1140. The average Bonchev–Trinajstić information content (AvgIpc) is 3.05. The molecule has 8 heteroatoms. The molecule has 0 radical (unpaired) electrons. The maximum Gasteiger partial charge on any atom is 0.395 e. The topological polar surface area (TPSA) is 20.3 Å². The van der Waals surface area contributed by atoms with E-state index >= 15 is 0 Å². The number of fused-ring (bicyclic) bond motifs is 4. The van der Waals surface area contributed by atoms with Crippen molar-refractivity contribution in [3.05, 3.63) is 89.0 Å². The van der Waals surface area contributed by atoms with Crippen molar-refractivity contribution in [3.63, 3.8) is 0 Å². The molecule has 4 rings (SSSR count). The van der Waals surface area contributed by atoms with Crippen LogP contribution in [0.15, 0.2) is 66.8 Å². The Morgan fingerprint density at radius 1 is 0.939 bits per heavy atom. The Labute approximate surface area is 223 Å². The number of halogens is 4. The summed E-state index contributed by atoms with van der Waals surface area (Å²) in [6, 6.07) is 15.2. The normalized spacial score (nSPS) is 15.7. The van der Waals surface area contributed by atoms with Gasteiger partial charge in [0.15, 0.2) is 0 Å². The second-order valence-corrected chi connectivity index (χ2v) is 10.7. The quantitative estimate of drug-likeness (QED) is 0.381. The summed E-state index contributed by atoms with van der Waals surface area (Å²) in [5.74, 6) is -0.0765. The molecule has 33 heavy (non-hydrogen) atoms. The van der Waals surface area contributed by atoms with Gasteiger partial charge in [-0.1, -0.05) is 60.7 Å². The van der Waals surface area contributed by atoms with Gasteiger partial charge in [-0.3, -0.25) is 0 Å². The molecule has 2 nitrogen and oxygen atoms in total. The van der Waals surface area contributed by atoms with Crippen molar-refractivity contribution in [3.8, 4) is 0 Å². The fourth-order valence-electron chi connectivity index (χ4n) is 4.27. The van der Waals surface area contributed by atoms with Crippen molar-refractivity contribution >= 4 is 50.4 Å². The molecule has 0 saturated carbocycles. The molecule has 0 spiro atoms. The van der Waals surface area contributed by atoms with Crippen LogP contribution in [-0.4, -0.2) is 26.0 Å². The predicted octanol–water partition coefficient (Wildman–Crippen LogP) is 7.24. The summed E-state index contributed by atoms with van der Waals surface area (Å²) in [6.45, 7) is 6.13. The summed E-state index contributed by atoms with van der Waals surface area (Å²) >= 11 is 0. The summed E-state index contributed by atoms with van der Waals surface area (Å²) < 4.78 is 43.4. The monoisotopic (exact) mass is 541 g/mol. The van der Waals surface area contributed by atoms with Crippen LogP contribution in [-0.2, 0) is 26.2 Å². The van der Waals surface area contributed by atoms with E-state index in [-0.39, 0.29) is 63.6 Å². The first kappa shape index (κ1) is 29.7. The van der Waals surface area contributed by atoms with Crippen molar-refractivity contribution in [2.45, 2.75) is 32.4 Å². The SMILES string of the molecule is CN([Si](=O)CC1C=CC2=C1c1ccccc1C(=C(F)F)c1ccccc12)C(C)(C)C.Cl.Cl.[Ti]. The molecule has 2 aromatic rings. The molecule has 174 valence electrons. The van der Waals surface area contributed by atoms with Gasteiger partial charge in [-0.05, 0) is 54.2 Å². The van der Waals surface area contributed by atoms with E-state index in [4.69, 9.17) is 0 Å². The van der Waals surface area contributed by atoms with Crippen molar-refractivity contribution in [2.75, 3.05) is 7.05 Å². The molecule has 0 heterocycles. The first-order valence-electron chi connectivity index (χ1n) is 10.1. The summed E-state index contributed by atoms with van der Waals surface area (Å²) in [6.07, 6.45) is 2.41. The smallest absolute Gasteiger partial charge is 0.375 e. The second-order valence-electron chi connectivity index (χ2n) is 8.85. The van der Waals surface area contributed by atoms with Crippen molar-refractivity contribution in [1.29, 1.82) is 0 Å². The predicted molar refractivity (Wildman–Crippen MR) is 134 cm³/mol. The van der Waals surface area contributed by atoms with E-state index in [0.29, 0.717) is 17.2 Å². The van der Waals surface area contributed by atoms with Gasteiger partial charge in [0.25, 0.3) is 6.08 Å². The Morgan fingerprint density at radius 2 is 1.42 bits per heavy atom. The zero-order valence-corrected chi connectivity index (χ0v) is 23.2. The molecular weight excluding hydrogens is 515 g/mol. The zero-order chi connectivity index (χ0) is 21.6. The van der Waals surface area contributed by atoms with Crippen LogP contribution in [0.1, 0.15) is 43.0 Å². The van der Waals surface area contributed by atoms with Crippen LogP contribution in [0.25, 0.3) is 16.7 Å². The van der Waals surface area contributed by atoms with Gasteiger partial charge in [-0.25, -0.2) is 0 Å². The Morgan fingerprint density at radius 3 is 1.94 bits per heavy atom. The number of hydrogen-bond acceptors (Lipinski definition) is 1. The number of hydrogen-bond donors (Lipinski definition) is 0. The standard InChI is InChI=1S/C25H25F2NOSi.2ClH.Ti/c1-25(2,3)28(4)30(29)15-16-13-14-21-17-9-5-6-10-18(17)23(24(26)27)20-12-8-7-11-19(20)22(16)21;;;/h5-14,16H,15H2,1-4H3;2*1H;. The van der Waals surface area contributed by atoms with E-state index in [1.807, 2.05) is 62.7 Å². The van der Waals surface area contributed by atoms with Gasteiger partial charge < -0.3 is 9.03 Å². The third-order valence-electron chi connectivity index (χ3n) is 6.09. The van der Waals surface area contributed by atoms with Gasteiger partial charge in [0, 0.05) is 46.3 Å². The summed E-state index contributed by atoms with van der Waals surface area (Å²) in [5.41, 5.74) is 4.41. The number of benzene rings is 2. The summed E-state index contributed by atoms with van der Waals surface area (Å²) in [4.78, 5) is 0. The van der Waals surface area contributed by atoms with E-state index in [0.717, 1.165) is 22.3 Å². The Hall–Kier alpha value is -1.37. The Balaban J connectivity index is 0.00000181. The molecule has 0 saturated heterocycles. The number of allylic oxidation sites excluding steroid dienone is 4. The van der Waals surface area contributed by atoms with Crippen LogP contribution in [0.2, 0.25) is 6.04 Å². The van der Waals surface area contributed by atoms with Crippen molar-refractivity contribution < 1.29 is 35.0 Å².